The number of rotatable bonds is 7. The average Bonchev–Trinajstić information content (AvgIpc) is 3.32. The van der Waals surface area contributed by atoms with Crippen molar-refractivity contribution in [1.82, 2.24) is 5.32 Å². The minimum atomic E-state index is -0.838. The van der Waals surface area contributed by atoms with Gasteiger partial charge in [-0.05, 0) is 49.9 Å². The van der Waals surface area contributed by atoms with Crippen molar-refractivity contribution < 1.29 is 23.5 Å². The Balaban J connectivity index is 1.75. The van der Waals surface area contributed by atoms with Crippen LogP contribution in [0.4, 0.5) is 4.39 Å². The van der Waals surface area contributed by atoms with Crippen molar-refractivity contribution in [1.29, 1.82) is 0 Å². The Morgan fingerprint density at radius 2 is 2.09 bits per heavy atom. The Kier molecular flexibility index (Phi) is 7.46. The number of dihydropyridines is 1. The Labute approximate surface area is 204 Å². The molecule has 0 amide bonds. The summed E-state index contributed by atoms with van der Waals surface area (Å²) >= 11 is 5.03. The lowest BCUT2D eigenvalue weighted by Gasteiger charge is -2.36. The van der Waals surface area contributed by atoms with Crippen molar-refractivity contribution in [3.63, 3.8) is 0 Å². The van der Waals surface area contributed by atoms with E-state index in [2.05, 4.69) is 21.2 Å². The first kappa shape index (κ1) is 23.9. The lowest BCUT2D eigenvalue weighted by Crippen LogP contribution is -2.36. The average molecular weight is 534 g/mol. The maximum Gasteiger partial charge on any atom is 0.336 e. The van der Waals surface area contributed by atoms with Crippen molar-refractivity contribution in [2.45, 2.75) is 38.5 Å². The summed E-state index contributed by atoms with van der Waals surface area (Å²) in [5.41, 5.74) is 2.29. The summed E-state index contributed by atoms with van der Waals surface area (Å²) in [7, 11) is 0. The number of nitrogens with one attached hydrogen (secondary N) is 1. The van der Waals surface area contributed by atoms with Crippen LogP contribution in [-0.2, 0) is 19.1 Å². The molecule has 33 heavy (non-hydrogen) atoms. The van der Waals surface area contributed by atoms with Crippen LogP contribution in [-0.4, -0.2) is 31.6 Å². The summed E-state index contributed by atoms with van der Waals surface area (Å²) in [6.07, 6.45) is 0.941. The van der Waals surface area contributed by atoms with Gasteiger partial charge in [-0.1, -0.05) is 22.0 Å². The first-order chi connectivity index (χ1) is 15.9. The smallest absolute Gasteiger partial charge is 0.336 e. The van der Waals surface area contributed by atoms with Gasteiger partial charge in [0.1, 0.15) is 12.4 Å². The van der Waals surface area contributed by atoms with Gasteiger partial charge in [-0.15, -0.1) is 11.3 Å². The van der Waals surface area contributed by atoms with Gasteiger partial charge in [0.05, 0.1) is 18.1 Å². The van der Waals surface area contributed by atoms with Gasteiger partial charge in [-0.3, -0.25) is 4.79 Å². The second-order valence-corrected chi connectivity index (χ2v) is 9.93. The SMILES string of the molecule is CCOCCOC(=O)C1=C(C)NC2=C(C(=O)C[C@@H](c3cccs3)C2)[C@@H]1c1cc(Br)ccc1F. The first-order valence-electron chi connectivity index (χ1n) is 10.9. The molecule has 2 aliphatic rings. The van der Waals surface area contributed by atoms with Crippen LogP contribution < -0.4 is 5.32 Å². The Morgan fingerprint density at radius 1 is 1.27 bits per heavy atom. The lowest BCUT2D eigenvalue weighted by atomic mass is 9.72. The maximum absolute atomic E-state index is 15.1. The molecular weight excluding hydrogens is 509 g/mol. The van der Waals surface area contributed by atoms with Crippen LogP contribution in [0, 0.1) is 5.82 Å². The third-order valence-electron chi connectivity index (χ3n) is 5.93. The molecule has 0 bridgehead atoms. The fourth-order valence-electron chi connectivity index (χ4n) is 4.50. The van der Waals surface area contributed by atoms with Crippen LogP contribution in [0.3, 0.4) is 0 Å². The predicted molar refractivity (Wildman–Crippen MR) is 128 cm³/mol. The van der Waals surface area contributed by atoms with Gasteiger partial charge in [-0.25, -0.2) is 9.18 Å². The summed E-state index contributed by atoms with van der Waals surface area (Å²) in [4.78, 5) is 27.8. The highest BCUT2D eigenvalue weighted by atomic mass is 79.9. The molecule has 0 fully saturated rings. The number of ether oxygens (including phenoxy) is 2. The summed E-state index contributed by atoms with van der Waals surface area (Å²) in [5.74, 6) is -1.92. The van der Waals surface area contributed by atoms with E-state index in [4.69, 9.17) is 9.47 Å². The normalized spacial score (nSPS) is 20.5. The molecule has 1 aliphatic carbocycles. The third kappa shape index (κ3) is 4.98. The minimum Gasteiger partial charge on any atom is -0.460 e. The van der Waals surface area contributed by atoms with Crippen molar-refractivity contribution in [3.05, 3.63) is 79.0 Å². The molecule has 1 aliphatic heterocycles. The highest BCUT2D eigenvalue weighted by molar-refractivity contribution is 9.10. The van der Waals surface area contributed by atoms with Gasteiger partial charge in [0.25, 0.3) is 0 Å². The largest absolute Gasteiger partial charge is 0.460 e. The van der Waals surface area contributed by atoms with Gasteiger partial charge < -0.3 is 14.8 Å². The zero-order chi connectivity index (χ0) is 23.5. The molecule has 1 N–H and O–H groups in total. The number of carbonyl (C=O) groups excluding carboxylic acids is 2. The fraction of sp³-hybridized carbons (Fsp3) is 0.360. The number of ketones is 1. The van der Waals surface area contributed by atoms with Crippen LogP contribution >= 0.6 is 27.3 Å². The van der Waals surface area contributed by atoms with Crippen molar-refractivity contribution in [3.8, 4) is 0 Å². The maximum atomic E-state index is 15.1. The molecule has 5 nitrogen and oxygen atoms in total. The lowest BCUT2D eigenvalue weighted by molar-refractivity contribution is -0.140. The molecule has 2 heterocycles. The number of Topliss-reactive ketones (excluding diaryl/α,β-unsaturated/α-hetero) is 1. The second kappa shape index (κ2) is 10.3. The molecule has 1 aromatic carbocycles. The van der Waals surface area contributed by atoms with E-state index in [0.717, 1.165) is 10.6 Å². The second-order valence-electron chi connectivity index (χ2n) is 8.03. The highest BCUT2D eigenvalue weighted by Crippen LogP contribution is 2.47. The molecule has 174 valence electrons. The van der Waals surface area contributed by atoms with E-state index in [1.165, 1.54) is 6.07 Å². The van der Waals surface area contributed by atoms with E-state index in [1.54, 1.807) is 30.4 Å². The number of allylic oxidation sites excluding steroid dienone is 3. The van der Waals surface area contributed by atoms with Crippen molar-refractivity contribution in [2.75, 3.05) is 19.8 Å². The monoisotopic (exact) mass is 533 g/mol. The van der Waals surface area contributed by atoms with E-state index in [0.29, 0.717) is 35.2 Å². The molecule has 0 saturated heterocycles. The van der Waals surface area contributed by atoms with Gasteiger partial charge in [0, 0.05) is 50.8 Å². The summed E-state index contributed by atoms with van der Waals surface area (Å²) in [6.45, 7) is 4.50. The molecule has 2 aromatic rings. The van der Waals surface area contributed by atoms with E-state index < -0.39 is 17.7 Å². The number of hydrogen-bond acceptors (Lipinski definition) is 6. The van der Waals surface area contributed by atoms with E-state index in [-0.39, 0.29) is 36.1 Å². The quantitative estimate of drug-likeness (QED) is 0.371. The first-order valence-corrected chi connectivity index (χ1v) is 12.5. The number of benzene rings is 1. The number of thiophene rings is 1. The Hall–Kier alpha value is -2.29. The van der Waals surface area contributed by atoms with Crippen molar-refractivity contribution in [2.24, 2.45) is 0 Å². The van der Waals surface area contributed by atoms with Crippen LogP contribution in [0.2, 0.25) is 0 Å². The van der Waals surface area contributed by atoms with Crippen LogP contribution in [0.25, 0.3) is 0 Å². The molecule has 8 heteroatoms. The van der Waals surface area contributed by atoms with Crippen molar-refractivity contribution >= 4 is 39.0 Å². The molecule has 0 spiro atoms. The van der Waals surface area contributed by atoms with E-state index >= 15 is 4.39 Å². The fourth-order valence-corrected chi connectivity index (χ4v) is 5.71. The van der Waals surface area contributed by atoms with E-state index in [9.17, 15) is 9.59 Å². The van der Waals surface area contributed by atoms with Crippen LogP contribution in [0.15, 0.2) is 62.7 Å². The van der Waals surface area contributed by atoms with E-state index in [1.807, 2.05) is 24.4 Å². The molecule has 0 radical (unpaired) electrons. The zero-order valence-electron chi connectivity index (χ0n) is 18.5. The van der Waals surface area contributed by atoms with Gasteiger partial charge in [0.2, 0.25) is 0 Å². The molecule has 0 saturated carbocycles. The van der Waals surface area contributed by atoms with Crippen LogP contribution in [0.1, 0.15) is 49.0 Å². The summed E-state index contributed by atoms with van der Waals surface area (Å²) < 4.78 is 26.5. The molecule has 2 atom stereocenters. The highest BCUT2D eigenvalue weighted by Gasteiger charge is 2.42. The third-order valence-corrected chi connectivity index (χ3v) is 7.46. The topological polar surface area (TPSA) is 64.6 Å². The molecule has 1 aromatic heterocycles. The molecule has 0 unspecified atom stereocenters. The number of halogens is 2. The van der Waals surface area contributed by atoms with Crippen LogP contribution in [0.5, 0.6) is 0 Å². The Bertz CT molecular complexity index is 1130. The summed E-state index contributed by atoms with van der Waals surface area (Å²) in [6, 6.07) is 8.59. The van der Waals surface area contributed by atoms with Gasteiger partial charge >= 0.3 is 5.97 Å². The summed E-state index contributed by atoms with van der Waals surface area (Å²) in [5, 5.41) is 5.28. The number of carbonyl (C=O) groups is 2. The number of hydrogen-bond donors (Lipinski definition) is 1. The van der Waals surface area contributed by atoms with Gasteiger partial charge in [-0.2, -0.15) is 0 Å². The Morgan fingerprint density at radius 3 is 2.82 bits per heavy atom. The molecule has 4 rings (SSSR count). The molecular formula is C25H25BrFNO4S. The van der Waals surface area contributed by atoms with Gasteiger partial charge in [0.15, 0.2) is 5.78 Å². The predicted octanol–water partition coefficient (Wildman–Crippen LogP) is 5.59. The minimum absolute atomic E-state index is 0.0595. The zero-order valence-corrected chi connectivity index (χ0v) is 20.9. The number of esters is 1. The standard InChI is InChI=1S/C25H25BrFNO4S/c1-3-31-8-9-32-25(30)22-14(2)28-19-11-15(21-5-4-10-33-21)12-20(29)24(19)23(22)17-13-16(26)6-7-18(17)27/h4-7,10,13,15,23,28H,3,8-9,11-12H2,1-2H3/t15-,23+/m0/s1.